The number of nitrogens with zero attached hydrogens (tertiary/aromatic N) is 8. The number of fused-ring (bicyclic) bond motifs is 14. The van der Waals surface area contributed by atoms with Crippen LogP contribution < -0.4 is 31.9 Å². The number of aliphatic hydroxyl groups excluding tert-OH is 1. The number of aryl methyl sites for hydroxylation is 1. The summed E-state index contributed by atoms with van der Waals surface area (Å²) in [4.78, 5) is 130. The van der Waals surface area contributed by atoms with Gasteiger partial charge in [0.2, 0.25) is 11.8 Å². The smallest absolute Gasteiger partial charge is 0.323 e. The van der Waals surface area contributed by atoms with E-state index < -0.39 is 54.3 Å². The van der Waals surface area contributed by atoms with E-state index in [0.717, 1.165) is 22.7 Å². The van der Waals surface area contributed by atoms with Crippen molar-refractivity contribution < 1.29 is 48.1 Å². The van der Waals surface area contributed by atoms with Crippen LogP contribution in [-0.2, 0) is 30.5 Å². The number of esters is 1. The summed E-state index contributed by atoms with van der Waals surface area (Å²) in [5.74, 6) is -3.37. The molecule has 30 heteroatoms. The fourth-order valence-corrected chi connectivity index (χ4v) is 13.8. The van der Waals surface area contributed by atoms with Crippen LogP contribution in [0.25, 0.3) is 43.4 Å². The summed E-state index contributed by atoms with van der Waals surface area (Å²) in [7, 11) is 4.24. The number of aliphatic hydroxyl groups is 1. The summed E-state index contributed by atoms with van der Waals surface area (Å²) < 4.78 is 10.2. The number of carbonyl (C=O) groups is 7. The molecule has 2 aliphatic heterocycles. The molecule has 7 aromatic heterocycles. The van der Waals surface area contributed by atoms with Gasteiger partial charge in [-0.25, -0.2) is 39.7 Å². The number of anilines is 2. The predicted octanol–water partition coefficient (Wildman–Crippen LogP) is 6.85. The zero-order valence-electron chi connectivity index (χ0n) is 43.3. The maximum absolute atomic E-state index is 14.2. The van der Waals surface area contributed by atoms with E-state index in [-0.39, 0.29) is 58.2 Å². The van der Waals surface area contributed by atoms with E-state index in [4.69, 9.17) is 34.4 Å². The Labute approximate surface area is 484 Å². The summed E-state index contributed by atoms with van der Waals surface area (Å²) in [6.45, 7) is 1.82. The Kier molecular flexibility index (Phi) is 17.3. The van der Waals surface area contributed by atoms with Crippen LogP contribution in [0.4, 0.5) is 15.7 Å². The van der Waals surface area contributed by atoms with E-state index in [1.807, 2.05) is 0 Å². The van der Waals surface area contributed by atoms with Gasteiger partial charge in [-0.05, 0) is 37.5 Å². The molecule has 0 aliphatic carbocycles. The molecule has 1 aromatic carbocycles. The van der Waals surface area contributed by atoms with Gasteiger partial charge in [0.25, 0.3) is 17.7 Å². The lowest BCUT2D eigenvalue weighted by Gasteiger charge is -2.30. The van der Waals surface area contributed by atoms with Crippen LogP contribution in [0.5, 0.6) is 0 Å². The zero-order valence-corrected chi connectivity index (χ0v) is 48.2. The predicted molar refractivity (Wildman–Crippen MR) is 305 cm³/mol. The summed E-state index contributed by atoms with van der Waals surface area (Å²) in [5, 5.41) is 37.1. The molecule has 2 aliphatic rings. The van der Waals surface area contributed by atoms with Gasteiger partial charge in [-0.3, -0.25) is 39.4 Å². The molecule has 0 radical (unpaired) electrons. The monoisotopic (exact) mass is 1210 g/mol. The lowest BCUT2D eigenvalue weighted by molar-refractivity contribution is -0.146. The van der Waals surface area contributed by atoms with Crippen LogP contribution in [0, 0.1) is 12.8 Å². The van der Waals surface area contributed by atoms with Crippen molar-refractivity contribution in [3.05, 3.63) is 106 Å². The van der Waals surface area contributed by atoms with Gasteiger partial charge in [0.15, 0.2) is 5.13 Å². The Balaban J connectivity index is 1.01. The molecule has 1 saturated heterocycles. The van der Waals surface area contributed by atoms with E-state index in [2.05, 4.69) is 41.9 Å². The molecule has 8 aromatic rings. The number of carbonyl (C=O) groups excluding carboxylic acids is 7. The third kappa shape index (κ3) is 12.7. The van der Waals surface area contributed by atoms with Crippen molar-refractivity contribution in [2.45, 2.75) is 51.0 Å². The second-order valence-corrected chi connectivity index (χ2v) is 23.9. The van der Waals surface area contributed by atoms with Crippen LogP contribution in [0.3, 0.4) is 0 Å². The molecule has 0 saturated carbocycles. The van der Waals surface area contributed by atoms with Crippen molar-refractivity contribution in [3.63, 3.8) is 0 Å². The molecular formula is C51H48N14O10S6. The quantitative estimate of drug-likeness (QED) is 0.0726. The molecule has 24 nitrogen and oxygen atoms in total. The largest absolute Gasteiger partial charge is 0.469 e. The number of ether oxygens (including phenoxy) is 2. The van der Waals surface area contributed by atoms with Crippen molar-refractivity contribution in [2.75, 3.05) is 51.5 Å². The maximum atomic E-state index is 14.2. The number of methoxy groups -OCH3 is 2. The van der Waals surface area contributed by atoms with Crippen molar-refractivity contribution in [2.24, 2.45) is 5.92 Å². The fraction of sp³-hybridized carbons (Fsp3) is 0.294. The number of thiazole rings is 6. The van der Waals surface area contributed by atoms with Crippen LogP contribution >= 0.6 is 68.0 Å². The Morgan fingerprint density at radius 2 is 1.47 bits per heavy atom. The topological polar surface area (TPSA) is 324 Å². The Morgan fingerprint density at radius 1 is 0.741 bits per heavy atom. The average molecular weight is 1210 g/mol. The molecule has 81 heavy (non-hydrogen) atoms. The number of rotatable bonds is 9. The molecule has 9 heterocycles. The Bertz CT molecular complexity index is 3680. The number of hydrogen-bond acceptors (Lipinski definition) is 23. The average Bonchev–Trinajstić information content (AvgIpc) is 4.57. The van der Waals surface area contributed by atoms with Crippen LogP contribution in [0.1, 0.15) is 94.2 Å². The highest BCUT2D eigenvalue weighted by Crippen LogP contribution is 2.40. The molecule has 0 unspecified atom stereocenters. The van der Waals surface area contributed by atoms with Crippen LogP contribution in [0.2, 0.25) is 0 Å². The molecule has 7 N–H and O–H groups in total. The van der Waals surface area contributed by atoms with Crippen molar-refractivity contribution in [1.29, 1.82) is 0 Å². The number of aromatic nitrogens is 7. The molecule has 3 atom stereocenters. The molecule has 10 rings (SSSR count). The highest BCUT2D eigenvalue weighted by molar-refractivity contribution is 7.16. The van der Waals surface area contributed by atoms with E-state index >= 15 is 0 Å². The summed E-state index contributed by atoms with van der Waals surface area (Å²) in [6.07, 6.45) is -0.553. The third-order valence-electron chi connectivity index (χ3n) is 12.8. The van der Waals surface area contributed by atoms with Gasteiger partial charge in [-0.15, -0.1) is 56.7 Å². The number of likely N-dealkylation sites (tertiary alicyclic amines) is 1. The van der Waals surface area contributed by atoms with Crippen molar-refractivity contribution in [1.82, 2.24) is 61.1 Å². The van der Waals surface area contributed by atoms with Gasteiger partial charge in [0.1, 0.15) is 77.2 Å². The van der Waals surface area contributed by atoms with Gasteiger partial charge in [0.05, 0.1) is 49.2 Å². The number of nitrogens with one attached hydrogen (secondary N) is 6. The summed E-state index contributed by atoms with van der Waals surface area (Å²) in [5.41, 5.74) is 2.54. The van der Waals surface area contributed by atoms with Gasteiger partial charge in [0, 0.05) is 59.2 Å². The number of amides is 7. The summed E-state index contributed by atoms with van der Waals surface area (Å²) in [6, 6.07) is 9.81. The number of piperidine rings is 1. The first-order valence-corrected chi connectivity index (χ1v) is 29.9. The minimum atomic E-state index is -1.28. The zero-order chi connectivity index (χ0) is 56.9. The van der Waals surface area contributed by atoms with E-state index in [9.17, 15) is 38.7 Å². The van der Waals surface area contributed by atoms with Gasteiger partial charge >= 0.3 is 12.0 Å². The van der Waals surface area contributed by atoms with Crippen LogP contribution in [-0.4, -0.2) is 127 Å². The van der Waals surface area contributed by atoms with Crippen molar-refractivity contribution >= 4 is 121 Å². The van der Waals surface area contributed by atoms with Crippen LogP contribution in [0.15, 0.2) is 64.0 Å². The SMILES string of the molecule is CNC(=O)C[C@@H]1NC(=O)c2csc(n2)-c2ccc(-c3nc(NC(=O)N4CCC(C(=O)OC)CC4)cs3)nc2-c2csc(n2)-c2csc(n2)[C@H]([C@@H](O)c2ccccc2)NC(=O)CNC(=O)c2nc(sc2COC)NC(=O)c2nc1sc2C. The first kappa shape index (κ1) is 56.4. The molecule has 418 valence electrons. The number of pyridine rings is 1. The number of hydrogen-bond donors (Lipinski definition) is 7. The van der Waals surface area contributed by atoms with E-state index in [1.54, 1.807) is 75.8 Å². The Morgan fingerprint density at radius 3 is 2.23 bits per heavy atom. The van der Waals surface area contributed by atoms with Gasteiger partial charge in [-0.2, -0.15) is 0 Å². The van der Waals surface area contributed by atoms with E-state index in [1.165, 1.54) is 66.6 Å². The highest BCUT2D eigenvalue weighted by Gasteiger charge is 2.32. The minimum absolute atomic E-state index is 0.0118. The number of urea groups is 1. The molecule has 10 bridgehead atoms. The molecule has 1 fully saturated rings. The molecular weight excluding hydrogens is 1160 g/mol. The van der Waals surface area contributed by atoms with E-state index in [0.29, 0.717) is 95.4 Å². The second-order valence-electron chi connectivity index (χ2n) is 18.1. The lowest BCUT2D eigenvalue weighted by Crippen LogP contribution is -2.42. The lowest BCUT2D eigenvalue weighted by atomic mass is 9.97. The first-order valence-electron chi connectivity index (χ1n) is 24.7. The van der Waals surface area contributed by atoms with Gasteiger partial charge in [-0.1, -0.05) is 41.7 Å². The molecule has 7 amide bonds. The third-order valence-corrected chi connectivity index (χ3v) is 18.3. The Hall–Kier alpha value is -7.84. The first-order chi connectivity index (χ1) is 39.2. The fourth-order valence-electron chi connectivity index (χ4n) is 8.65. The summed E-state index contributed by atoms with van der Waals surface area (Å²) >= 11 is 6.96. The second kappa shape index (κ2) is 24.9. The highest BCUT2D eigenvalue weighted by atomic mass is 32.1. The minimum Gasteiger partial charge on any atom is -0.469 e. The normalized spacial score (nSPS) is 16.6. The molecule has 0 spiro atoms. The maximum Gasteiger partial charge on any atom is 0.323 e. The van der Waals surface area contributed by atoms with Crippen molar-refractivity contribution in [3.8, 4) is 43.4 Å². The number of benzene rings is 1. The standard InChI is InChI=1S/C51H48N14O10S6/c1-23-36-43(71)64-50-63-38(32(81-50)18-74-3)42(70)53-17-35(67)61-39(40(68)24-8-6-5-7-9-24)48-58-31(21-78-48)46-56-29(19-77-46)37-26(44-57-30(20-76-44)41(69)55-28(16-34(66)52-2)47(62-36)80-23)10-11-27(54-37)45-59-33(22-79-45)60-51(73)65-14-12-25(13-15-65)49(72)75-4/h5-11,19-22,25,28,39-40,68H,12-18H2,1-4H3,(H,52,66)(H,53,70)(H,55,69)(H,60,73)(H,61,67)(H,63,64,71)/t28-,39-,40-/m0/s1. The van der Waals surface area contributed by atoms with Gasteiger partial charge < -0.3 is 40.7 Å².